The van der Waals surface area contributed by atoms with E-state index in [1.165, 1.54) is 19.3 Å². The number of aryl methyl sites for hydroxylation is 2. The summed E-state index contributed by atoms with van der Waals surface area (Å²) in [6.45, 7) is 4.54. The first kappa shape index (κ1) is 22.5. The Hall–Kier alpha value is -2.23. The number of carbonyl (C=O) groups excluding carboxylic acids is 1. The van der Waals surface area contributed by atoms with E-state index in [2.05, 4.69) is 20.4 Å². The molecule has 10 heteroatoms. The maximum absolute atomic E-state index is 12.9. The van der Waals surface area contributed by atoms with E-state index in [1.54, 1.807) is 13.8 Å². The number of aromatic nitrogens is 4. The molecule has 1 saturated carbocycles. The first-order valence-electron chi connectivity index (χ1n) is 10.4. The number of fused-ring (bicyclic) bond motifs is 1. The van der Waals surface area contributed by atoms with Gasteiger partial charge in [-0.25, -0.2) is 9.50 Å². The highest BCUT2D eigenvalue weighted by molar-refractivity contribution is 5.76. The molecule has 0 unspecified atom stereocenters. The molecular formula is C20H28F3N5O2. The van der Waals surface area contributed by atoms with Crippen molar-refractivity contribution < 1.29 is 22.7 Å². The molecule has 30 heavy (non-hydrogen) atoms. The number of halogens is 3. The van der Waals surface area contributed by atoms with Crippen LogP contribution in [0.4, 0.5) is 13.2 Å². The van der Waals surface area contributed by atoms with Gasteiger partial charge in [-0.2, -0.15) is 18.2 Å². The fourth-order valence-electron chi connectivity index (χ4n) is 3.80. The van der Waals surface area contributed by atoms with Crippen LogP contribution >= 0.6 is 0 Å². The van der Waals surface area contributed by atoms with Crippen LogP contribution in [0.2, 0.25) is 0 Å². The number of nitrogens with zero attached hydrogens (tertiary/aromatic N) is 4. The zero-order chi connectivity index (χ0) is 21.7. The van der Waals surface area contributed by atoms with Crippen LogP contribution < -0.4 is 5.32 Å². The second-order valence-electron chi connectivity index (χ2n) is 7.74. The van der Waals surface area contributed by atoms with Gasteiger partial charge in [0, 0.05) is 31.0 Å². The number of nitrogens with one attached hydrogen (secondary N) is 1. The van der Waals surface area contributed by atoms with E-state index in [0.717, 1.165) is 23.8 Å². The molecule has 0 aliphatic heterocycles. The Bertz CT molecular complexity index is 875. The number of ether oxygens (including phenoxy) is 1. The molecule has 1 amide bonds. The summed E-state index contributed by atoms with van der Waals surface area (Å²) in [6.07, 6.45) is 3.07. The summed E-state index contributed by atoms with van der Waals surface area (Å²) >= 11 is 0. The molecule has 0 atom stereocenters. The van der Waals surface area contributed by atoms with Crippen LogP contribution in [0.1, 0.15) is 67.7 Å². The quantitative estimate of drug-likeness (QED) is 0.652. The summed E-state index contributed by atoms with van der Waals surface area (Å²) in [5.74, 6) is -1.42. The first-order chi connectivity index (χ1) is 14.3. The second-order valence-corrected chi connectivity index (χ2v) is 7.74. The lowest BCUT2D eigenvalue weighted by molar-refractivity contribution is -0.144. The van der Waals surface area contributed by atoms with Gasteiger partial charge in [0.2, 0.25) is 5.91 Å². The fraction of sp³-hybridized carbons (Fsp3) is 0.700. The lowest BCUT2D eigenvalue weighted by Gasteiger charge is -2.21. The number of carbonyl (C=O) groups is 1. The molecule has 0 radical (unpaired) electrons. The van der Waals surface area contributed by atoms with Crippen molar-refractivity contribution in [3.05, 3.63) is 22.8 Å². The molecule has 1 aliphatic rings. The van der Waals surface area contributed by atoms with Gasteiger partial charge in [-0.1, -0.05) is 19.3 Å². The Labute approximate surface area is 173 Å². The molecule has 1 fully saturated rings. The second kappa shape index (κ2) is 9.72. The molecule has 166 valence electrons. The van der Waals surface area contributed by atoms with Gasteiger partial charge in [-0.15, -0.1) is 5.10 Å². The molecular weight excluding hydrogens is 399 g/mol. The van der Waals surface area contributed by atoms with Crippen molar-refractivity contribution in [3.63, 3.8) is 0 Å². The van der Waals surface area contributed by atoms with Gasteiger partial charge in [0.1, 0.15) is 0 Å². The third-order valence-electron chi connectivity index (χ3n) is 5.45. The molecule has 7 nitrogen and oxygen atoms in total. The molecule has 0 bridgehead atoms. The molecule has 0 saturated heterocycles. The molecule has 0 spiro atoms. The largest absolute Gasteiger partial charge is 0.453 e. The van der Waals surface area contributed by atoms with Crippen LogP contribution in [-0.4, -0.2) is 44.7 Å². The summed E-state index contributed by atoms with van der Waals surface area (Å²) in [5, 5.41) is 6.39. The molecule has 2 heterocycles. The predicted molar refractivity (Wildman–Crippen MR) is 104 cm³/mol. The average Bonchev–Trinajstić information content (AvgIpc) is 3.13. The number of hydrogen-bond donors (Lipinski definition) is 1. The summed E-state index contributed by atoms with van der Waals surface area (Å²) in [7, 11) is 0. The SMILES string of the molecule is Cc1nc2nc(C(F)(F)F)nn2c(C)c1CCC(=O)NCCCOC1CCCCC1. The topological polar surface area (TPSA) is 81.4 Å². The third-order valence-corrected chi connectivity index (χ3v) is 5.45. The van der Waals surface area contributed by atoms with E-state index in [4.69, 9.17) is 4.74 Å². The monoisotopic (exact) mass is 427 g/mol. The van der Waals surface area contributed by atoms with E-state index >= 15 is 0 Å². The average molecular weight is 427 g/mol. The maximum Gasteiger partial charge on any atom is 0.453 e. The summed E-state index contributed by atoms with van der Waals surface area (Å²) < 4.78 is 45.5. The smallest absolute Gasteiger partial charge is 0.378 e. The zero-order valence-corrected chi connectivity index (χ0v) is 17.4. The standard InChI is InChI=1S/C20H28F3N5O2/c1-13-16(14(2)28-19(25-13)26-18(27-28)20(21,22)23)9-10-17(29)24-11-6-12-30-15-7-4-3-5-8-15/h15H,3-12H2,1-2H3,(H,24,29). The Morgan fingerprint density at radius 3 is 2.63 bits per heavy atom. The van der Waals surface area contributed by atoms with Crippen LogP contribution in [0.5, 0.6) is 0 Å². The van der Waals surface area contributed by atoms with Crippen LogP contribution in [0, 0.1) is 13.8 Å². The van der Waals surface area contributed by atoms with Crippen LogP contribution in [0.25, 0.3) is 5.78 Å². The molecule has 1 N–H and O–H groups in total. The Balaban J connectivity index is 1.48. The zero-order valence-electron chi connectivity index (χ0n) is 17.4. The minimum atomic E-state index is -4.63. The predicted octanol–water partition coefficient (Wildman–Crippen LogP) is 3.55. The van der Waals surface area contributed by atoms with Gasteiger partial charge < -0.3 is 10.1 Å². The van der Waals surface area contributed by atoms with Gasteiger partial charge >= 0.3 is 6.18 Å². The van der Waals surface area contributed by atoms with Gasteiger partial charge in [0.25, 0.3) is 11.6 Å². The number of rotatable bonds is 8. The summed E-state index contributed by atoms with van der Waals surface area (Å²) in [6, 6.07) is 0. The minimum absolute atomic E-state index is 0.0940. The summed E-state index contributed by atoms with van der Waals surface area (Å²) in [4.78, 5) is 19.7. The van der Waals surface area contributed by atoms with E-state index in [-0.39, 0.29) is 18.1 Å². The fourth-order valence-corrected chi connectivity index (χ4v) is 3.80. The highest BCUT2D eigenvalue weighted by atomic mass is 19.4. The number of alkyl halides is 3. The third kappa shape index (κ3) is 5.68. The van der Waals surface area contributed by atoms with Crippen molar-refractivity contribution in [1.82, 2.24) is 24.9 Å². The van der Waals surface area contributed by atoms with Crippen LogP contribution in [0.3, 0.4) is 0 Å². The Morgan fingerprint density at radius 2 is 1.93 bits per heavy atom. The van der Waals surface area contributed by atoms with Crippen molar-refractivity contribution in [1.29, 1.82) is 0 Å². The molecule has 1 aliphatic carbocycles. The van der Waals surface area contributed by atoms with Crippen molar-refractivity contribution in [3.8, 4) is 0 Å². The van der Waals surface area contributed by atoms with Gasteiger partial charge in [0.15, 0.2) is 0 Å². The van der Waals surface area contributed by atoms with E-state index in [9.17, 15) is 18.0 Å². The molecule has 3 rings (SSSR count). The first-order valence-corrected chi connectivity index (χ1v) is 10.4. The number of amides is 1. The highest BCUT2D eigenvalue weighted by Gasteiger charge is 2.37. The van der Waals surface area contributed by atoms with E-state index < -0.39 is 12.0 Å². The van der Waals surface area contributed by atoms with Crippen LogP contribution in [0.15, 0.2) is 0 Å². The summed E-state index contributed by atoms with van der Waals surface area (Å²) in [5.41, 5.74) is 1.76. The van der Waals surface area contributed by atoms with Crippen LogP contribution in [-0.2, 0) is 22.1 Å². The normalized spacial score (nSPS) is 15.6. The van der Waals surface area contributed by atoms with Crippen molar-refractivity contribution in [2.75, 3.05) is 13.2 Å². The Kier molecular flexibility index (Phi) is 7.27. The molecule has 0 aromatic carbocycles. The van der Waals surface area contributed by atoms with Gasteiger partial charge in [-0.3, -0.25) is 4.79 Å². The number of hydrogen-bond acceptors (Lipinski definition) is 5. The van der Waals surface area contributed by atoms with E-state index in [0.29, 0.717) is 42.6 Å². The molecule has 2 aromatic heterocycles. The molecule has 2 aromatic rings. The Morgan fingerprint density at radius 1 is 1.20 bits per heavy atom. The van der Waals surface area contributed by atoms with Crippen molar-refractivity contribution in [2.24, 2.45) is 0 Å². The lowest BCUT2D eigenvalue weighted by atomic mass is 9.98. The lowest BCUT2D eigenvalue weighted by Crippen LogP contribution is -2.26. The van der Waals surface area contributed by atoms with Gasteiger partial charge in [-0.05, 0) is 45.1 Å². The van der Waals surface area contributed by atoms with Crippen molar-refractivity contribution in [2.45, 2.75) is 77.5 Å². The van der Waals surface area contributed by atoms with Gasteiger partial charge in [0.05, 0.1) is 6.10 Å². The maximum atomic E-state index is 12.9. The minimum Gasteiger partial charge on any atom is -0.378 e. The van der Waals surface area contributed by atoms with Crippen molar-refractivity contribution >= 4 is 11.7 Å². The van der Waals surface area contributed by atoms with E-state index in [1.807, 2.05) is 0 Å². The highest BCUT2D eigenvalue weighted by Crippen LogP contribution is 2.27.